The Morgan fingerprint density at radius 1 is 1.53 bits per heavy atom. The smallest absolute Gasteiger partial charge is 0.374 e. The van der Waals surface area contributed by atoms with E-state index < -0.39 is 5.97 Å². The number of halogens is 1. The van der Waals surface area contributed by atoms with Gasteiger partial charge < -0.3 is 9.72 Å². The number of methoxy groups -OCH3 is 1. The Kier molecular flexibility index (Phi) is 3.93. The first-order valence-corrected chi connectivity index (χ1v) is 6.71. The molecule has 1 fully saturated rings. The van der Waals surface area contributed by atoms with Gasteiger partial charge in [-0.1, -0.05) is 25.1 Å². The standard InChI is InChI=1S/C11H13BrN2O2S/c1-16-11(15)9-13-8(6-4-2-3-5-6)7(12)10(17)14-9/h6H,2-5H2,1H3,(H,13,14,17). The third-order valence-electron chi connectivity index (χ3n) is 3.03. The number of H-pyrrole nitrogens is 1. The predicted octanol–water partition coefficient (Wildman–Crippen LogP) is 3.35. The molecule has 0 unspecified atom stereocenters. The molecule has 0 amide bonds. The highest BCUT2D eigenvalue weighted by Gasteiger charge is 2.22. The molecule has 0 aliphatic heterocycles. The van der Waals surface area contributed by atoms with Gasteiger partial charge in [-0.3, -0.25) is 0 Å². The molecule has 4 nitrogen and oxygen atoms in total. The summed E-state index contributed by atoms with van der Waals surface area (Å²) in [7, 11) is 1.33. The molecule has 17 heavy (non-hydrogen) atoms. The van der Waals surface area contributed by atoms with Crippen molar-refractivity contribution in [3.63, 3.8) is 0 Å². The van der Waals surface area contributed by atoms with Gasteiger partial charge in [0, 0.05) is 11.6 Å². The number of nitrogens with zero attached hydrogens (tertiary/aromatic N) is 1. The van der Waals surface area contributed by atoms with Crippen LogP contribution in [-0.4, -0.2) is 23.0 Å². The quantitative estimate of drug-likeness (QED) is 0.671. The largest absolute Gasteiger partial charge is 0.463 e. The zero-order valence-corrected chi connectivity index (χ0v) is 11.9. The summed E-state index contributed by atoms with van der Waals surface area (Å²) in [6, 6.07) is 0. The molecule has 0 saturated heterocycles. The second-order valence-electron chi connectivity index (χ2n) is 4.09. The van der Waals surface area contributed by atoms with Crippen LogP contribution in [0.1, 0.15) is 47.9 Å². The molecule has 1 saturated carbocycles. The maximum Gasteiger partial charge on any atom is 0.374 e. The predicted molar refractivity (Wildman–Crippen MR) is 69.7 cm³/mol. The van der Waals surface area contributed by atoms with Crippen LogP contribution >= 0.6 is 28.1 Å². The molecule has 0 radical (unpaired) electrons. The van der Waals surface area contributed by atoms with Crippen molar-refractivity contribution >= 4 is 34.1 Å². The lowest BCUT2D eigenvalue weighted by Gasteiger charge is -2.13. The molecule has 2 rings (SSSR count). The molecule has 0 aromatic carbocycles. The minimum Gasteiger partial charge on any atom is -0.463 e. The number of esters is 1. The number of rotatable bonds is 2. The van der Waals surface area contributed by atoms with Gasteiger partial charge in [-0.25, -0.2) is 9.78 Å². The highest BCUT2D eigenvalue weighted by Crippen LogP contribution is 2.36. The normalized spacial score (nSPS) is 16.1. The molecule has 1 heterocycles. The minimum atomic E-state index is -0.483. The van der Waals surface area contributed by atoms with E-state index in [1.54, 1.807) is 0 Å². The lowest BCUT2D eigenvalue weighted by molar-refractivity contribution is 0.0586. The second kappa shape index (κ2) is 5.27. The van der Waals surface area contributed by atoms with Crippen LogP contribution in [0.5, 0.6) is 0 Å². The van der Waals surface area contributed by atoms with Crippen molar-refractivity contribution in [2.45, 2.75) is 31.6 Å². The first-order chi connectivity index (χ1) is 8.13. The van der Waals surface area contributed by atoms with Crippen molar-refractivity contribution in [2.75, 3.05) is 7.11 Å². The van der Waals surface area contributed by atoms with E-state index in [4.69, 9.17) is 12.2 Å². The van der Waals surface area contributed by atoms with E-state index >= 15 is 0 Å². The van der Waals surface area contributed by atoms with E-state index in [0.29, 0.717) is 10.6 Å². The lowest BCUT2D eigenvalue weighted by Crippen LogP contribution is -2.11. The van der Waals surface area contributed by atoms with Crippen molar-refractivity contribution in [1.82, 2.24) is 9.97 Å². The van der Waals surface area contributed by atoms with Gasteiger partial charge in [0.1, 0.15) is 4.64 Å². The van der Waals surface area contributed by atoms with Crippen LogP contribution in [0.2, 0.25) is 0 Å². The summed E-state index contributed by atoms with van der Waals surface area (Å²) in [4.78, 5) is 18.5. The highest BCUT2D eigenvalue weighted by atomic mass is 79.9. The van der Waals surface area contributed by atoms with Gasteiger partial charge in [-0.15, -0.1) is 0 Å². The second-order valence-corrected chi connectivity index (χ2v) is 5.27. The molecule has 1 aromatic rings. The molecule has 92 valence electrons. The van der Waals surface area contributed by atoms with Gasteiger partial charge >= 0.3 is 5.97 Å². The van der Waals surface area contributed by atoms with Crippen molar-refractivity contribution in [3.05, 3.63) is 20.6 Å². The fourth-order valence-corrected chi connectivity index (χ4v) is 2.88. The fourth-order valence-electron chi connectivity index (χ4n) is 2.17. The molecule has 1 N–H and O–H groups in total. The Balaban J connectivity index is 2.46. The highest BCUT2D eigenvalue weighted by molar-refractivity contribution is 9.10. The molecule has 0 spiro atoms. The third kappa shape index (κ3) is 2.57. The summed E-state index contributed by atoms with van der Waals surface area (Å²) in [5, 5.41) is 0. The van der Waals surface area contributed by atoms with Gasteiger partial charge in [0.2, 0.25) is 5.82 Å². The molecule has 0 atom stereocenters. The molecule has 6 heteroatoms. The van der Waals surface area contributed by atoms with Gasteiger partial charge in [0.25, 0.3) is 0 Å². The topological polar surface area (TPSA) is 55.0 Å². The number of carbonyl (C=O) groups is 1. The summed E-state index contributed by atoms with van der Waals surface area (Å²) in [5.74, 6) is 0.128. The molecule has 1 aliphatic carbocycles. The molecule has 0 bridgehead atoms. The Labute approximate surface area is 113 Å². The van der Waals surface area contributed by atoms with Crippen LogP contribution in [0.4, 0.5) is 0 Å². The maximum atomic E-state index is 11.5. The van der Waals surface area contributed by atoms with E-state index in [-0.39, 0.29) is 5.82 Å². The Bertz CT molecular complexity index is 495. The third-order valence-corrected chi connectivity index (χ3v) is 4.39. The van der Waals surface area contributed by atoms with E-state index in [1.807, 2.05) is 0 Å². The summed E-state index contributed by atoms with van der Waals surface area (Å²) < 4.78 is 5.86. The zero-order valence-electron chi connectivity index (χ0n) is 9.46. The van der Waals surface area contributed by atoms with E-state index in [1.165, 1.54) is 20.0 Å². The number of ether oxygens (including phenoxy) is 1. The van der Waals surface area contributed by atoms with Crippen molar-refractivity contribution < 1.29 is 9.53 Å². The summed E-state index contributed by atoms with van der Waals surface area (Å²) in [6.07, 6.45) is 4.67. The first kappa shape index (κ1) is 12.7. The van der Waals surface area contributed by atoms with E-state index in [9.17, 15) is 4.79 Å². The SMILES string of the molecule is COC(=O)c1nc(=S)c(Br)c(C2CCCC2)[nH]1. The van der Waals surface area contributed by atoms with Crippen molar-refractivity contribution in [1.29, 1.82) is 0 Å². The summed E-state index contributed by atoms with van der Waals surface area (Å²) in [6.45, 7) is 0. The van der Waals surface area contributed by atoms with Gasteiger partial charge in [-0.2, -0.15) is 0 Å². The van der Waals surface area contributed by atoms with Gasteiger partial charge in [0.05, 0.1) is 11.6 Å². The number of hydrogen-bond donors (Lipinski definition) is 1. The maximum absolute atomic E-state index is 11.5. The Morgan fingerprint density at radius 3 is 2.76 bits per heavy atom. The number of hydrogen-bond acceptors (Lipinski definition) is 4. The zero-order chi connectivity index (χ0) is 12.4. The Hall–Kier alpha value is -0.750. The number of carbonyl (C=O) groups excluding carboxylic acids is 1. The van der Waals surface area contributed by atoms with Gasteiger partial charge in [-0.05, 0) is 28.8 Å². The van der Waals surface area contributed by atoms with E-state index in [0.717, 1.165) is 23.0 Å². The summed E-state index contributed by atoms with van der Waals surface area (Å²) in [5.41, 5.74) is 0.975. The van der Waals surface area contributed by atoms with Crippen LogP contribution < -0.4 is 0 Å². The van der Waals surface area contributed by atoms with Gasteiger partial charge in [0.15, 0.2) is 0 Å². The molecular formula is C11H13BrN2O2S. The van der Waals surface area contributed by atoms with Crippen LogP contribution in [-0.2, 0) is 4.74 Å². The van der Waals surface area contributed by atoms with E-state index in [2.05, 4.69) is 30.6 Å². The number of nitrogens with one attached hydrogen (secondary N) is 1. The van der Waals surface area contributed by atoms with Crippen LogP contribution in [0.3, 0.4) is 0 Å². The van der Waals surface area contributed by atoms with Crippen molar-refractivity contribution in [3.8, 4) is 0 Å². The number of aromatic amines is 1. The monoisotopic (exact) mass is 316 g/mol. The summed E-state index contributed by atoms with van der Waals surface area (Å²) >= 11 is 8.59. The van der Waals surface area contributed by atoms with Crippen LogP contribution in [0.25, 0.3) is 0 Å². The van der Waals surface area contributed by atoms with Crippen molar-refractivity contribution in [2.24, 2.45) is 0 Å². The molecule has 1 aromatic heterocycles. The molecule has 1 aliphatic rings. The number of aromatic nitrogens is 2. The Morgan fingerprint density at radius 2 is 2.18 bits per heavy atom. The van der Waals surface area contributed by atoms with Crippen LogP contribution in [0.15, 0.2) is 4.47 Å². The lowest BCUT2D eigenvalue weighted by atomic mass is 10.0. The van der Waals surface area contributed by atoms with Crippen LogP contribution in [0, 0.1) is 4.64 Å². The average molecular weight is 317 g/mol. The fraction of sp³-hybridized carbons (Fsp3) is 0.545. The average Bonchev–Trinajstić information content (AvgIpc) is 2.85. The first-order valence-electron chi connectivity index (χ1n) is 5.51. The minimum absolute atomic E-state index is 0.183. The molecular weight excluding hydrogens is 304 g/mol.